The van der Waals surface area contributed by atoms with Gasteiger partial charge in [-0.25, -0.2) is 0 Å². The van der Waals surface area contributed by atoms with Gasteiger partial charge in [0.1, 0.15) is 5.72 Å². The summed E-state index contributed by atoms with van der Waals surface area (Å²) in [6.45, 7) is 3.79. The van der Waals surface area contributed by atoms with Crippen molar-refractivity contribution in [2.45, 2.75) is 32.4 Å². The average molecular weight is 143 g/mol. The highest BCUT2D eigenvalue weighted by Crippen LogP contribution is 2.17. The molecular weight excluding hydrogens is 130 g/mol. The van der Waals surface area contributed by atoms with Crippen LogP contribution in [0.25, 0.3) is 10.4 Å². The number of ether oxygens (including phenoxy) is 1. The van der Waals surface area contributed by atoms with Crippen molar-refractivity contribution < 1.29 is 4.74 Å². The standard InChI is InChI=1S/C6H13N3O/c1-4-5-6(2,10-3)8-9-7/h4-5H2,1-3H3. The van der Waals surface area contributed by atoms with Crippen LogP contribution in [0.2, 0.25) is 0 Å². The Balaban J connectivity index is 4.07. The van der Waals surface area contributed by atoms with E-state index in [1.165, 1.54) is 0 Å². The maximum atomic E-state index is 8.14. The molecule has 0 aliphatic heterocycles. The minimum Gasteiger partial charge on any atom is -0.372 e. The van der Waals surface area contributed by atoms with Gasteiger partial charge in [-0.1, -0.05) is 18.5 Å². The number of nitrogens with zero attached hydrogens (tertiary/aromatic N) is 3. The summed E-state index contributed by atoms with van der Waals surface area (Å²) in [5.74, 6) is 0. The van der Waals surface area contributed by atoms with Crippen LogP contribution >= 0.6 is 0 Å². The van der Waals surface area contributed by atoms with Gasteiger partial charge in [-0.15, -0.1) is 0 Å². The van der Waals surface area contributed by atoms with E-state index >= 15 is 0 Å². The van der Waals surface area contributed by atoms with Gasteiger partial charge in [0.25, 0.3) is 0 Å². The first kappa shape index (κ1) is 9.27. The lowest BCUT2D eigenvalue weighted by molar-refractivity contribution is 0.00442. The number of hydrogen-bond donors (Lipinski definition) is 0. The molecule has 4 heteroatoms. The number of rotatable bonds is 4. The fourth-order valence-corrected chi connectivity index (χ4v) is 0.751. The highest BCUT2D eigenvalue weighted by atomic mass is 16.5. The summed E-state index contributed by atoms with van der Waals surface area (Å²) in [5, 5.41) is 3.52. The zero-order chi connectivity index (χ0) is 8.04. The molecule has 0 rings (SSSR count). The smallest absolute Gasteiger partial charge is 0.143 e. The van der Waals surface area contributed by atoms with Crippen molar-refractivity contribution in [2.75, 3.05) is 7.11 Å². The van der Waals surface area contributed by atoms with Crippen LogP contribution in [0.4, 0.5) is 0 Å². The van der Waals surface area contributed by atoms with E-state index in [-0.39, 0.29) is 0 Å². The molecule has 58 valence electrons. The molecule has 1 unspecified atom stereocenters. The highest BCUT2D eigenvalue weighted by molar-refractivity contribution is 4.70. The molecule has 0 aromatic carbocycles. The molecule has 0 aliphatic carbocycles. The minimum absolute atomic E-state index is 0.649. The van der Waals surface area contributed by atoms with Crippen LogP contribution in [0.5, 0.6) is 0 Å². The molecular formula is C6H13N3O. The Kier molecular flexibility index (Phi) is 3.84. The van der Waals surface area contributed by atoms with Crippen molar-refractivity contribution in [3.8, 4) is 0 Å². The normalized spacial score (nSPS) is 15.5. The van der Waals surface area contributed by atoms with Gasteiger partial charge in [0.05, 0.1) is 0 Å². The lowest BCUT2D eigenvalue weighted by Gasteiger charge is -2.20. The Morgan fingerprint density at radius 2 is 2.30 bits per heavy atom. The second-order valence-corrected chi connectivity index (χ2v) is 2.32. The lowest BCUT2D eigenvalue weighted by Crippen LogP contribution is -2.22. The summed E-state index contributed by atoms with van der Waals surface area (Å²) >= 11 is 0. The van der Waals surface area contributed by atoms with E-state index in [0.29, 0.717) is 0 Å². The molecule has 10 heavy (non-hydrogen) atoms. The average Bonchev–Trinajstić information content (AvgIpc) is 1.89. The molecule has 0 spiro atoms. The minimum atomic E-state index is -0.649. The number of methoxy groups -OCH3 is 1. The Labute approximate surface area is 60.8 Å². The summed E-state index contributed by atoms with van der Waals surface area (Å²) in [7, 11) is 1.55. The summed E-state index contributed by atoms with van der Waals surface area (Å²) in [4.78, 5) is 2.70. The fraction of sp³-hybridized carbons (Fsp3) is 1.00. The van der Waals surface area contributed by atoms with Gasteiger partial charge >= 0.3 is 0 Å². The third-order valence-corrected chi connectivity index (χ3v) is 1.41. The molecule has 0 aromatic rings. The van der Waals surface area contributed by atoms with Gasteiger partial charge in [-0.2, -0.15) is 0 Å². The SMILES string of the molecule is CCCC(C)(N=[N+]=[N-])OC. The van der Waals surface area contributed by atoms with Crippen molar-refractivity contribution in [3.63, 3.8) is 0 Å². The molecule has 0 aromatic heterocycles. The topological polar surface area (TPSA) is 58.0 Å². The van der Waals surface area contributed by atoms with Gasteiger partial charge in [-0.3, -0.25) is 0 Å². The monoisotopic (exact) mass is 143 g/mol. The lowest BCUT2D eigenvalue weighted by atomic mass is 10.1. The van der Waals surface area contributed by atoms with E-state index in [4.69, 9.17) is 10.3 Å². The summed E-state index contributed by atoms with van der Waals surface area (Å²) < 4.78 is 5.00. The first-order chi connectivity index (χ1) is 4.68. The molecule has 0 bridgehead atoms. The molecule has 0 amide bonds. The van der Waals surface area contributed by atoms with E-state index in [1.54, 1.807) is 14.0 Å². The maximum Gasteiger partial charge on any atom is 0.143 e. The van der Waals surface area contributed by atoms with Gasteiger partial charge in [0, 0.05) is 12.0 Å². The van der Waals surface area contributed by atoms with E-state index < -0.39 is 5.72 Å². The van der Waals surface area contributed by atoms with Crippen LogP contribution in [-0.4, -0.2) is 12.8 Å². The summed E-state index contributed by atoms with van der Waals surface area (Å²) in [5.41, 5.74) is 7.49. The molecule has 0 saturated heterocycles. The van der Waals surface area contributed by atoms with Crippen molar-refractivity contribution in [1.82, 2.24) is 0 Å². The summed E-state index contributed by atoms with van der Waals surface area (Å²) in [6, 6.07) is 0. The van der Waals surface area contributed by atoms with Crippen LogP contribution in [0.3, 0.4) is 0 Å². The van der Waals surface area contributed by atoms with Crippen molar-refractivity contribution in [1.29, 1.82) is 0 Å². The van der Waals surface area contributed by atoms with E-state index in [0.717, 1.165) is 12.8 Å². The van der Waals surface area contributed by atoms with Crippen LogP contribution in [-0.2, 0) is 4.74 Å². The third kappa shape index (κ3) is 2.71. The second kappa shape index (κ2) is 4.14. The largest absolute Gasteiger partial charge is 0.372 e. The molecule has 0 heterocycles. The van der Waals surface area contributed by atoms with Crippen LogP contribution in [0, 0.1) is 0 Å². The Morgan fingerprint density at radius 3 is 2.60 bits per heavy atom. The zero-order valence-corrected chi connectivity index (χ0v) is 6.66. The van der Waals surface area contributed by atoms with Gasteiger partial charge in [-0.05, 0) is 18.9 Å². The van der Waals surface area contributed by atoms with E-state index in [9.17, 15) is 0 Å². The molecule has 0 aliphatic rings. The molecule has 0 fully saturated rings. The Hall–Kier alpha value is -0.730. The molecule has 0 N–H and O–H groups in total. The first-order valence-electron chi connectivity index (χ1n) is 3.30. The summed E-state index contributed by atoms with van der Waals surface area (Å²) in [6.07, 6.45) is 1.71. The predicted octanol–water partition coefficient (Wildman–Crippen LogP) is 2.46. The fourth-order valence-electron chi connectivity index (χ4n) is 0.751. The first-order valence-corrected chi connectivity index (χ1v) is 3.30. The van der Waals surface area contributed by atoms with E-state index in [1.807, 2.05) is 6.92 Å². The quantitative estimate of drug-likeness (QED) is 0.339. The second-order valence-electron chi connectivity index (χ2n) is 2.32. The van der Waals surface area contributed by atoms with Gasteiger partial charge in [0.2, 0.25) is 0 Å². The number of azide groups is 1. The molecule has 4 nitrogen and oxygen atoms in total. The van der Waals surface area contributed by atoms with Crippen LogP contribution in [0.15, 0.2) is 5.11 Å². The molecule has 1 atom stereocenters. The zero-order valence-electron chi connectivity index (χ0n) is 6.66. The van der Waals surface area contributed by atoms with Crippen LogP contribution < -0.4 is 0 Å². The van der Waals surface area contributed by atoms with Gasteiger partial charge in [0.15, 0.2) is 0 Å². The molecule has 0 saturated carbocycles. The van der Waals surface area contributed by atoms with Crippen LogP contribution in [0.1, 0.15) is 26.7 Å². The third-order valence-electron chi connectivity index (χ3n) is 1.41. The Morgan fingerprint density at radius 1 is 1.70 bits per heavy atom. The molecule has 0 radical (unpaired) electrons. The predicted molar refractivity (Wildman–Crippen MR) is 39.5 cm³/mol. The Bertz CT molecular complexity index is 142. The van der Waals surface area contributed by atoms with Crippen molar-refractivity contribution in [3.05, 3.63) is 10.4 Å². The van der Waals surface area contributed by atoms with Crippen molar-refractivity contribution in [2.24, 2.45) is 5.11 Å². The number of hydrogen-bond acceptors (Lipinski definition) is 2. The van der Waals surface area contributed by atoms with Gasteiger partial charge < -0.3 is 4.74 Å². The van der Waals surface area contributed by atoms with Crippen molar-refractivity contribution >= 4 is 0 Å². The maximum absolute atomic E-state index is 8.14. The highest BCUT2D eigenvalue weighted by Gasteiger charge is 2.19. The van der Waals surface area contributed by atoms with E-state index in [2.05, 4.69) is 10.0 Å².